The molecule has 3 rings (SSSR count). The summed E-state index contributed by atoms with van der Waals surface area (Å²) in [5.74, 6) is -1.69. The van der Waals surface area contributed by atoms with Crippen LogP contribution in [-0.4, -0.2) is 29.7 Å². The standard InChI is InChI=1S/C15H15FN2O2/c16-10-5-3-9(4-6-10)11-8-18-7-1-2-12(18)13(14(11)19)15(17)20/h3-6,11H,1-2,7-8H2,(H2,17,20). The van der Waals surface area contributed by atoms with Crippen LogP contribution in [0.1, 0.15) is 24.3 Å². The van der Waals surface area contributed by atoms with Crippen molar-refractivity contribution < 1.29 is 14.0 Å². The van der Waals surface area contributed by atoms with Crippen LogP contribution in [0.25, 0.3) is 0 Å². The number of amides is 1. The Kier molecular flexibility index (Phi) is 3.04. The van der Waals surface area contributed by atoms with Crippen molar-refractivity contribution in [1.29, 1.82) is 0 Å². The van der Waals surface area contributed by atoms with Crippen molar-refractivity contribution in [2.75, 3.05) is 13.1 Å². The van der Waals surface area contributed by atoms with E-state index in [1.54, 1.807) is 12.1 Å². The first-order chi connectivity index (χ1) is 9.58. The summed E-state index contributed by atoms with van der Waals surface area (Å²) in [5, 5.41) is 0. The van der Waals surface area contributed by atoms with Gasteiger partial charge in [0.1, 0.15) is 11.4 Å². The minimum absolute atomic E-state index is 0.128. The smallest absolute Gasteiger partial charge is 0.254 e. The van der Waals surface area contributed by atoms with Crippen LogP contribution >= 0.6 is 0 Å². The Hall–Kier alpha value is -2.17. The van der Waals surface area contributed by atoms with Gasteiger partial charge in [-0.15, -0.1) is 0 Å². The summed E-state index contributed by atoms with van der Waals surface area (Å²) in [6.45, 7) is 1.37. The molecule has 20 heavy (non-hydrogen) atoms. The molecule has 2 aliphatic heterocycles. The normalized spacial score (nSPS) is 22.1. The number of halogens is 1. The van der Waals surface area contributed by atoms with Gasteiger partial charge in [-0.2, -0.15) is 0 Å². The average Bonchev–Trinajstić information content (AvgIpc) is 2.86. The number of hydrogen-bond acceptors (Lipinski definition) is 3. The second kappa shape index (κ2) is 4.74. The fraction of sp³-hybridized carbons (Fsp3) is 0.333. The van der Waals surface area contributed by atoms with E-state index in [2.05, 4.69) is 4.90 Å². The van der Waals surface area contributed by atoms with Crippen LogP contribution in [0.3, 0.4) is 0 Å². The average molecular weight is 274 g/mol. The van der Waals surface area contributed by atoms with Gasteiger partial charge in [-0.25, -0.2) is 4.39 Å². The lowest BCUT2D eigenvalue weighted by Crippen LogP contribution is -2.40. The van der Waals surface area contributed by atoms with Crippen molar-refractivity contribution in [3.8, 4) is 0 Å². The SMILES string of the molecule is NC(=O)C1=C2CCCN2CC(c2ccc(F)cc2)C1=O. The molecule has 0 spiro atoms. The van der Waals surface area contributed by atoms with Crippen LogP contribution in [0.4, 0.5) is 4.39 Å². The molecule has 1 saturated heterocycles. The van der Waals surface area contributed by atoms with Crippen molar-refractivity contribution in [1.82, 2.24) is 4.90 Å². The van der Waals surface area contributed by atoms with Crippen LogP contribution in [0.2, 0.25) is 0 Å². The molecule has 2 N–H and O–H groups in total. The lowest BCUT2D eigenvalue weighted by atomic mass is 9.85. The molecule has 0 radical (unpaired) electrons. The minimum Gasteiger partial charge on any atom is -0.373 e. The van der Waals surface area contributed by atoms with Crippen LogP contribution in [0.15, 0.2) is 35.5 Å². The zero-order valence-corrected chi connectivity index (χ0v) is 10.9. The second-order valence-electron chi connectivity index (χ2n) is 5.20. The molecule has 1 aromatic carbocycles. The first-order valence-corrected chi connectivity index (χ1v) is 6.65. The predicted molar refractivity (Wildman–Crippen MR) is 71.2 cm³/mol. The monoisotopic (exact) mass is 274 g/mol. The Morgan fingerprint density at radius 2 is 2.00 bits per heavy atom. The highest BCUT2D eigenvalue weighted by Crippen LogP contribution is 2.35. The molecule has 2 aliphatic rings. The first-order valence-electron chi connectivity index (χ1n) is 6.65. The van der Waals surface area contributed by atoms with Gasteiger partial charge in [0.05, 0.1) is 5.92 Å². The van der Waals surface area contributed by atoms with Gasteiger partial charge in [0.2, 0.25) is 0 Å². The zero-order chi connectivity index (χ0) is 14.3. The molecule has 104 valence electrons. The number of benzene rings is 1. The second-order valence-corrected chi connectivity index (χ2v) is 5.20. The van der Waals surface area contributed by atoms with E-state index < -0.39 is 11.8 Å². The number of fused-ring (bicyclic) bond motifs is 1. The summed E-state index contributed by atoms with van der Waals surface area (Å²) in [4.78, 5) is 26.2. The summed E-state index contributed by atoms with van der Waals surface area (Å²) >= 11 is 0. The van der Waals surface area contributed by atoms with E-state index in [1.165, 1.54) is 12.1 Å². The van der Waals surface area contributed by atoms with Crippen molar-refractivity contribution >= 4 is 11.7 Å². The van der Waals surface area contributed by atoms with Crippen LogP contribution < -0.4 is 5.73 Å². The van der Waals surface area contributed by atoms with E-state index in [9.17, 15) is 14.0 Å². The minimum atomic E-state index is -0.663. The van der Waals surface area contributed by atoms with Gasteiger partial charge in [0.15, 0.2) is 5.78 Å². The van der Waals surface area contributed by atoms with Gasteiger partial charge in [0, 0.05) is 18.8 Å². The molecule has 1 amide bonds. The number of carbonyl (C=O) groups is 2. The number of primary amides is 1. The fourth-order valence-electron chi connectivity index (χ4n) is 3.05. The molecule has 1 aromatic rings. The largest absolute Gasteiger partial charge is 0.373 e. The molecule has 0 aromatic heterocycles. The Balaban J connectivity index is 2.02. The maximum absolute atomic E-state index is 13.0. The maximum atomic E-state index is 13.0. The van der Waals surface area contributed by atoms with Gasteiger partial charge >= 0.3 is 0 Å². The third-order valence-electron chi connectivity index (χ3n) is 4.00. The summed E-state index contributed by atoms with van der Waals surface area (Å²) < 4.78 is 13.0. The van der Waals surface area contributed by atoms with Crippen LogP contribution in [0.5, 0.6) is 0 Å². The van der Waals surface area contributed by atoms with E-state index in [4.69, 9.17) is 5.73 Å². The molecular weight excluding hydrogens is 259 g/mol. The number of ketones is 1. The fourth-order valence-corrected chi connectivity index (χ4v) is 3.05. The number of Topliss-reactive ketones (excluding diaryl/α,β-unsaturated/α-hetero) is 1. The molecule has 2 heterocycles. The number of hydrogen-bond donors (Lipinski definition) is 1. The lowest BCUT2D eigenvalue weighted by Gasteiger charge is -2.32. The molecule has 5 heteroatoms. The Morgan fingerprint density at radius 1 is 1.30 bits per heavy atom. The van der Waals surface area contributed by atoms with Gasteiger partial charge in [-0.3, -0.25) is 9.59 Å². The van der Waals surface area contributed by atoms with E-state index in [0.29, 0.717) is 6.54 Å². The summed E-state index contributed by atoms with van der Waals surface area (Å²) in [6.07, 6.45) is 1.65. The van der Waals surface area contributed by atoms with E-state index in [0.717, 1.165) is 30.6 Å². The quantitative estimate of drug-likeness (QED) is 0.827. The van der Waals surface area contributed by atoms with E-state index in [1.807, 2.05) is 0 Å². The van der Waals surface area contributed by atoms with Crippen molar-refractivity contribution in [3.05, 3.63) is 46.9 Å². The molecule has 0 saturated carbocycles. The molecule has 1 fully saturated rings. The van der Waals surface area contributed by atoms with E-state index >= 15 is 0 Å². The first kappa shape index (κ1) is 12.8. The van der Waals surface area contributed by atoms with Gasteiger partial charge in [-0.1, -0.05) is 12.1 Å². The Labute approximate surface area is 116 Å². The third-order valence-corrected chi connectivity index (χ3v) is 4.00. The summed E-state index contributed by atoms with van der Waals surface area (Å²) in [6, 6.07) is 5.85. The molecule has 0 bridgehead atoms. The van der Waals surface area contributed by atoms with Crippen LogP contribution in [0, 0.1) is 5.82 Å². The number of carbonyl (C=O) groups excluding carboxylic acids is 2. The van der Waals surface area contributed by atoms with Crippen molar-refractivity contribution in [3.63, 3.8) is 0 Å². The topological polar surface area (TPSA) is 63.4 Å². The van der Waals surface area contributed by atoms with Crippen molar-refractivity contribution in [2.24, 2.45) is 5.73 Å². The van der Waals surface area contributed by atoms with Gasteiger partial charge < -0.3 is 10.6 Å². The number of nitrogens with two attached hydrogens (primary N) is 1. The van der Waals surface area contributed by atoms with Crippen molar-refractivity contribution in [2.45, 2.75) is 18.8 Å². The number of allylic oxidation sites excluding steroid dienone is 1. The molecule has 1 atom stereocenters. The van der Waals surface area contributed by atoms with Gasteiger partial charge in [0.25, 0.3) is 5.91 Å². The zero-order valence-electron chi connectivity index (χ0n) is 10.9. The molecule has 4 nitrogen and oxygen atoms in total. The highest BCUT2D eigenvalue weighted by atomic mass is 19.1. The number of rotatable bonds is 2. The molecule has 0 aliphatic carbocycles. The summed E-state index contributed by atoms with van der Waals surface area (Å²) in [7, 11) is 0. The lowest BCUT2D eigenvalue weighted by molar-refractivity contribution is -0.123. The van der Waals surface area contributed by atoms with Crippen LogP contribution in [-0.2, 0) is 9.59 Å². The molecular formula is C15H15FN2O2. The molecule has 1 unspecified atom stereocenters. The predicted octanol–water partition coefficient (Wildman–Crippen LogP) is 1.33. The van der Waals surface area contributed by atoms with E-state index in [-0.39, 0.29) is 17.2 Å². The highest BCUT2D eigenvalue weighted by molar-refractivity contribution is 6.22. The maximum Gasteiger partial charge on any atom is 0.254 e. The highest BCUT2D eigenvalue weighted by Gasteiger charge is 2.38. The summed E-state index contributed by atoms with van der Waals surface area (Å²) in [5.41, 5.74) is 7.00. The third kappa shape index (κ3) is 1.99. The van der Waals surface area contributed by atoms with Gasteiger partial charge in [-0.05, 0) is 30.5 Å². The number of nitrogens with zero attached hydrogens (tertiary/aromatic N) is 1. The Morgan fingerprint density at radius 3 is 2.65 bits per heavy atom. The Bertz CT molecular complexity index is 607.